The fraction of sp³-hybridized carbons (Fsp3) is 0.333. The predicted molar refractivity (Wildman–Crippen MR) is 64.0 cm³/mol. The van der Waals surface area contributed by atoms with E-state index in [-0.39, 0.29) is 6.61 Å². The monoisotopic (exact) mass is 224 g/mol. The second kappa shape index (κ2) is 5.95. The van der Waals surface area contributed by atoms with Crippen molar-refractivity contribution in [1.82, 2.24) is 0 Å². The minimum Gasteiger partial charge on any atom is -0.393 e. The van der Waals surface area contributed by atoms with Gasteiger partial charge in [-0.2, -0.15) is 0 Å². The smallest absolute Gasteiger partial charge is 0.100 e. The largest absolute Gasteiger partial charge is 0.393 e. The van der Waals surface area contributed by atoms with E-state index in [1.807, 2.05) is 30.3 Å². The number of aliphatic hydroxyl groups excluding tert-OH is 1. The molecule has 0 heterocycles. The highest BCUT2D eigenvalue weighted by atomic mass is 32.2. The Balaban J connectivity index is 2.51. The molecule has 0 radical (unpaired) electrons. The van der Waals surface area contributed by atoms with E-state index in [0.717, 1.165) is 4.90 Å². The molecular formula is C12H16O2S. The summed E-state index contributed by atoms with van der Waals surface area (Å²) in [6.45, 7) is 3.33. The Morgan fingerprint density at radius 3 is 2.53 bits per heavy atom. The minimum atomic E-state index is -1.05. The zero-order chi connectivity index (χ0) is 11.1. The number of hydrogen-bond donors (Lipinski definition) is 2. The van der Waals surface area contributed by atoms with E-state index in [4.69, 9.17) is 5.11 Å². The molecular weight excluding hydrogens is 208 g/mol. The SMILES string of the molecule is C=CC[C@@](O)(CO)CSc1ccccc1. The molecule has 0 saturated heterocycles. The van der Waals surface area contributed by atoms with Crippen molar-refractivity contribution in [3.8, 4) is 0 Å². The molecule has 1 aromatic rings. The number of benzene rings is 1. The van der Waals surface area contributed by atoms with Crippen LogP contribution < -0.4 is 0 Å². The van der Waals surface area contributed by atoms with Gasteiger partial charge in [-0.3, -0.25) is 0 Å². The maximum atomic E-state index is 9.94. The third kappa shape index (κ3) is 4.08. The van der Waals surface area contributed by atoms with Crippen molar-refractivity contribution in [3.05, 3.63) is 43.0 Å². The molecule has 1 rings (SSSR count). The highest BCUT2D eigenvalue weighted by Gasteiger charge is 2.24. The van der Waals surface area contributed by atoms with E-state index >= 15 is 0 Å². The lowest BCUT2D eigenvalue weighted by Gasteiger charge is -2.23. The molecule has 0 aliphatic rings. The van der Waals surface area contributed by atoms with Gasteiger partial charge in [0.1, 0.15) is 5.60 Å². The van der Waals surface area contributed by atoms with E-state index in [1.165, 1.54) is 11.8 Å². The summed E-state index contributed by atoms with van der Waals surface area (Å²) in [6, 6.07) is 9.82. The first-order valence-corrected chi connectivity index (χ1v) is 5.81. The predicted octanol–water partition coefficient (Wildman–Crippen LogP) is 2.08. The van der Waals surface area contributed by atoms with Gasteiger partial charge < -0.3 is 10.2 Å². The van der Waals surface area contributed by atoms with Gasteiger partial charge in [0, 0.05) is 10.6 Å². The van der Waals surface area contributed by atoms with Gasteiger partial charge in [-0.15, -0.1) is 18.3 Å². The number of hydrogen-bond acceptors (Lipinski definition) is 3. The lowest BCUT2D eigenvalue weighted by Crippen LogP contribution is -2.35. The quantitative estimate of drug-likeness (QED) is 0.574. The van der Waals surface area contributed by atoms with Crippen LogP contribution in [0.1, 0.15) is 6.42 Å². The zero-order valence-electron chi connectivity index (χ0n) is 8.60. The van der Waals surface area contributed by atoms with Crippen LogP contribution in [-0.2, 0) is 0 Å². The Hall–Kier alpha value is -0.770. The summed E-state index contributed by atoms with van der Waals surface area (Å²) in [5.74, 6) is 0.472. The van der Waals surface area contributed by atoms with Crippen molar-refractivity contribution in [2.75, 3.05) is 12.4 Å². The third-order valence-electron chi connectivity index (χ3n) is 2.07. The van der Waals surface area contributed by atoms with Crippen LogP contribution >= 0.6 is 11.8 Å². The van der Waals surface area contributed by atoms with Crippen LogP contribution in [-0.4, -0.2) is 28.2 Å². The highest BCUT2D eigenvalue weighted by Crippen LogP contribution is 2.24. The Morgan fingerprint density at radius 1 is 1.33 bits per heavy atom. The zero-order valence-corrected chi connectivity index (χ0v) is 9.41. The molecule has 0 aliphatic heterocycles. The van der Waals surface area contributed by atoms with Gasteiger partial charge in [0.2, 0.25) is 0 Å². The first-order chi connectivity index (χ1) is 7.20. The van der Waals surface area contributed by atoms with Crippen LogP contribution in [0.3, 0.4) is 0 Å². The van der Waals surface area contributed by atoms with Crippen molar-refractivity contribution in [3.63, 3.8) is 0 Å². The van der Waals surface area contributed by atoms with Gasteiger partial charge in [0.25, 0.3) is 0 Å². The first-order valence-electron chi connectivity index (χ1n) is 4.82. The number of thioether (sulfide) groups is 1. The molecule has 3 heteroatoms. The molecule has 0 unspecified atom stereocenters. The molecule has 0 aliphatic carbocycles. The topological polar surface area (TPSA) is 40.5 Å². The van der Waals surface area contributed by atoms with E-state index < -0.39 is 5.60 Å². The Kier molecular flexibility index (Phi) is 4.88. The summed E-state index contributed by atoms with van der Waals surface area (Å²) in [5.41, 5.74) is -1.05. The summed E-state index contributed by atoms with van der Waals surface area (Å²) in [4.78, 5) is 1.09. The third-order valence-corrected chi connectivity index (χ3v) is 3.36. The highest BCUT2D eigenvalue weighted by molar-refractivity contribution is 7.99. The van der Waals surface area contributed by atoms with Crippen LogP contribution in [0.5, 0.6) is 0 Å². The van der Waals surface area contributed by atoms with Crippen molar-refractivity contribution < 1.29 is 10.2 Å². The first kappa shape index (κ1) is 12.3. The van der Waals surface area contributed by atoms with Gasteiger partial charge in [-0.1, -0.05) is 24.3 Å². The molecule has 2 N–H and O–H groups in total. The Labute approximate surface area is 94.6 Å². The van der Waals surface area contributed by atoms with Crippen LogP contribution in [0.15, 0.2) is 47.9 Å². The summed E-state index contributed by atoms with van der Waals surface area (Å²) in [6.07, 6.45) is 2.03. The van der Waals surface area contributed by atoms with Crippen molar-refractivity contribution in [1.29, 1.82) is 0 Å². The van der Waals surface area contributed by atoms with Crippen molar-refractivity contribution >= 4 is 11.8 Å². The van der Waals surface area contributed by atoms with E-state index in [9.17, 15) is 5.11 Å². The molecule has 0 aromatic heterocycles. The Morgan fingerprint density at radius 2 is 2.00 bits per heavy atom. The number of aliphatic hydroxyl groups is 2. The summed E-state index contributed by atoms with van der Waals surface area (Å²) in [5, 5.41) is 19.0. The van der Waals surface area contributed by atoms with Gasteiger partial charge in [0.05, 0.1) is 6.61 Å². The fourth-order valence-electron chi connectivity index (χ4n) is 1.17. The molecule has 15 heavy (non-hydrogen) atoms. The molecule has 2 nitrogen and oxygen atoms in total. The summed E-state index contributed by atoms with van der Waals surface area (Å²) < 4.78 is 0. The van der Waals surface area contributed by atoms with Crippen LogP contribution in [0.2, 0.25) is 0 Å². The van der Waals surface area contributed by atoms with E-state index in [0.29, 0.717) is 12.2 Å². The van der Waals surface area contributed by atoms with Crippen LogP contribution in [0.4, 0.5) is 0 Å². The lowest BCUT2D eigenvalue weighted by atomic mass is 10.0. The molecule has 1 aromatic carbocycles. The summed E-state index contributed by atoms with van der Waals surface area (Å²) in [7, 11) is 0. The fourth-order valence-corrected chi connectivity index (χ4v) is 2.17. The van der Waals surface area contributed by atoms with Crippen molar-refractivity contribution in [2.24, 2.45) is 0 Å². The van der Waals surface area contributed by atoms with Crippen molar-refractivity contribution in [2.45, 2.75) is 16.9 Å². The average molecular weight is 224 g/mol. The molecule has 1 atom stereocenters. The van der Waals surface area contributed by atoms with Gasteiger partial charge in [-0.05, 0) is 18.6 Å². The van der Waals surface area contributed by atoms with E-state index in [2.05, 4.69) is 6.58 Å². The maximum Gasteiger partial charge on any atom is 0.100 e. The van der Waals surface area contributed by atoms with Gasteiger partial charge >= 0.3 is 0 Å². The molecule has 0 bridgehead atoms. The standard InChI is InChI=1S/C12H16O2S/c1-2-8-12(14,9-13)10-15-11-6-4-3-5-7-11/h2-7,13-14H,1,8-10H2/t12-/m1/s1. The lowest BCUT2D eigenvalue weighted by molar-refractivity contribution is 0.00884. The molecule has 0 amide bonds. The normalized spacial score (nSPS) is 14.5. The molecule has 0 fully saturated rings. The van der Waals surface area contributed by atoms with Crippen LogP contribution in [0.25, 0.3) is 0 Å². The molecule has 0 spiro atoms. The second-order valence-electron chi connectivity index (χ2n) is 3.48. The molecule has 82 valence electrons. The van der Waals surface area contributed by atoms with Gasteiger partial charge in [0.15, 0.2) is 0 Å². The van der Waals surface area contributed by atoms with E-state index in [1.54, 1.807) is 6.08 Å². The molecule has 0 saturated carbocycles. The van der Waals surface area contributed by atoms with Crippen LogP contribution in [0, 0.1) is 0 Å². The average Bonchev–Trinajstić information content (AvgIpc) is 2.28. The maximum absolute atomic E-state index is 9.94. The number of rotatable bonds is 6. The van der Waals surface area contributed by atoms with Gasteiger partial charge in [-0.25, -0.2) is 0 Å². The second-order valence-corrected chi connectivity index (χ2v) is 4.53. The Bertz CT molecular complexity index is 300. The summed E-state index contributed by atoms with van der Waals surface area (Å²) >= 11 is 1.53. The minimum absolute atomic E-state index is 0.237.